The van der Waals surface area contributed by atoms with Gasteiger partial charge in [-0.25, -0.2) is 4.79 Å². The summed E-state index contributed by atoms with van der Waals surface area (Å²) in [7, 11) is 0. The molecular formula is C20H27NO3. The number of rotatable bonds is 9. The molecular weight excluding hydrogens is 302 g/mol. The van der Waals surface area contributed by atoms with Crippen molar-refractivity contribution in [3.05, 3.63) is 42.5 Å². The summed E-state index contributed by atoms with van der Waals surface area (Å²) >= 11 is 0. The highest BCUT2D eigenvalue weighted by Crippen LogP contribution is 2.45. The quantitative estimate of drug-likeness (QED) is 0.529. The molecule has 2 aliphatic rings. The molecule has 4 nitrogen and oxygen atoms in total. The van der Waals surface area contributed by atoms with Crippen molar-refractivity contribution in [2.24, 2.45) is 11.8 Å². The minimum absolute atomic E-state index is 0.420. The van der Waals surface area contributed by atoms with Gasteiger partial charge in [0, 0.05) is 24.2 Å². The first-order valence-corrected chi connectivity index (χ1v) is 9.08. The number of carboxylic acids is 1. The van der Waals surface area contributed by atoms with Crippen LogP contribution in [0.2, 0.25) is 0 Å². The van der Waals surface area contributed by atoms with Gasteiger partial charge in [0.15, 0.2) is 0 Å². The van der Waals surface area contributed by atoms with E-state index in [2.05, 4.69) is 29.6 Å². The van der Waals surface area contributed by atoms with Crippen LogP contribution in [0.3, 0.4) is 0 Å². The van der Waals surface area contributed by atoms with Gasteiger partial charge in [0.05, 0.1) is 12.2 Å². The number of carboxylic acid groups (broad SMARTS) is 1. The fraction of sp³-hybridized carbons (Fsp3) is 0.550. The molecule has 2 fully saturated rings. The standard InChI is InChI=1S/C20H27NO3/c22-20(23)11-7-2-1-6-10-16-17(19-13-12-18(16)24-19)14-21-15-8-4-3-5-9-15/h3-5,7-9,11,16-19,21H,1-2,6,10,12-14H2,(H,22,23)/b11-7+. The molecule has 2 heterocycles. The van der Waals surface area contributed by atoms with E-state index in [4.69, 9.17) is 9.84 Å². The lowest BCUT2D eigenvalue weighted by atomic mass is 9.76. The molecule has 0 aromatic heterocycles. The molecule has 3 rings (SSSR count). The second-order valence-electron chi connectivity index (χ2n) is 6.89. The number of fused-ring (bicyclic) bond motifs is 2. The number of allylic oxidation sites excluding steroid dienone is 1. The van der Waals surface area contributed by atoms with Gasteiger partial charge in [-0.15, -0.1) is 0 Å². The summed E-state index contributed by atoms with van der Waals surface area (Å²) in [5.74, 6) is 0.380. The highest BCUT2D eigenvalue weighted by molar-refractivity contribution is 5.79. The SMILES string of the molecule is O=C(O)/C=C/CCCCC1C2CCC(O2)C1CNc1ccccc1. The molecule has 4 heteroatoms. The summed E-state index contributed by atoms with van der Waals surface area (Å²) in [5, 5.41) is 12.2. The van der Waals surface area contributed by atoms with E-state index in [-0.39, 0.29) is 0 Å². The second-order valence-corrected chi connectivity index (χ2v) is 6.89. The van der Waals surface area contributed by atoms with Crippen LogP contribution >= 0.6 is 0 Å². The predicted octanol–water partition coefficient (Wildman–Crippen LogP) is 4.09. The van der Waals surface area contributed by atoms with Gasteiger partial charge in [0.25, 0.3) is 0 Å². The van der Waals surface area contributed by atoms with Crippen LogP contribution < -0.4 is 5.32 Å². The number of ether oxygens (including phenoxy) is 1. The molecule has 4 unspecified atom stereocenters. The Morgan fingerprint density at radius 2 is 1.92 bits per heavy atom. The van der Waals surface area contributed by atoms with Gasteiger partial charge in [-0.05, 0) is 50.2 Å². The Morgan fingerprint density at radius 3 is 2.67 bits per heavy atom. The third-order valence-electron chi connectivity index (χ3n) is 5.32. The molecule has 0 radical (unpaired) electrons. The monoisotopic (exact) mass is 329 g/mol. The fourth-order valence-electron chi connectivity index (χ4n) is 4.17. The lowest BCUT2D eigenvalue weighted by Gasteiger charge is -2.28. The molecule has 2 N–H and O–H groups in total. The molecule has 4 atom stereocenters. The van der Waals surface area contributed by atoms with E-state index in [1.807, 2.05) is 6.07 Å². The van der Waals surface area contributed by atoms with Gasteiger partial charge in [-0.1, -0.05) is 30.7 Å². The zero-order valence-corrected chi connectivity index (χ0v) is 14.1. The van der Waals surface area contributed by atoms with Gasteiger partial charge in [0.1, 0.15) is 0 Å². The van der Waals surface area contributed by atoms with Crippen LogP contribution in [0.25, 0.3) is 0 Å². The van der Waals surface area contributed by atoms with Crippen molar-refractivity contribution >= 4 is 11.7 Å². The number of benzene rings is 1. The number of unbranched alkanes of at least 4 members (excludes halogenated alkanes) is 2. The maximum atomic E-state index is 10.4. The molecule has 0 amide bonds. The van der Waals surface area contributed by atoms with Crippen molar-refractivity contribution in [3.8, 4) is 0 Å². The van der Waals surface area contributed by atoms with Crippen LogP contribution in [0.1, 0.15) is 38.5 Å². The van der Waals surface area contributed by atoms with Crippen LogP contribution in [0.5, 0.6) is 0 Å². The number of nitrogens with one attached hydrogen (secondary N) is 1. The lowest BCUT2D eigenvalue weighted by molar-refractivity contribution is -0.131. The Kier molecular flexibility index (Phi) is 5.91. The largest absolute Gasteiger partial charge is 0.478 e. The van der Waals surface area contributed by atoms with Crippen LogP contribution in [0.4, 0.5) is 5.69 Å². The molecule has 2 saturated heterocycles. The third-order valence-corrected chi connectivity index (χ3v) is 5.32. The molecule has 24 heavy (non-hydrogen) atoms. The van der Waals surface area contributed by atoms with E-state index in [0.29, 0.717) is 24.0 Å². The molecule has 2 bridgehead atoms. The Hall–Kier alpha value is -1.81. The Morgan fingerprint density at radius 1 is 1.17 bits per heavy atom. The smallest absolute Gasteiger partial charge is 0.327 e. The van der Waals surface area contributed by atoms with Crippen molar-refractivity contribution in [2.75, 3.05) is 11.9 Å². The number of aliphatic carboxylic acids is 1. The Labute approximate surface area is 143 Å². The van der Waals surface area contributed by atoms with Crippen molar-refractivity contribution in [1.29, 1.82) is 0 Å². The van der Waals surface area contributed by atoms with Gasteiger partial charge in [0.2, 0.25) is 0 Å². The van der Waals surface area contributed by atoms with Crippen LogP contribution in [0.15, 0.2) is 42.5 Å². The van der Waals surface area contributed by atoms with E-state index in [0.717, 1.165) is 25.8 Å². The summed E-state index contributed by atoms with van der Waals surface area (Å²) in [5.41, 5.74) is 1.18. The number of anilines is 1. The zero-order chi connectivity index (χ0) is 16.8. The summed E-state index contributed by atoms with van der Waals surface area (Å²) < 4.78 is 6.16. The maximum absolute atomic E-state index is 10.4. The van der Waals surface area contributed by atoms with Crippen molar-refractivity contribution < 1.29 is 14.6 Å². The molecule has 0 aliphatic carbocycles. The Bertz CT molecular complexity index is 557. The summed E-state index contributed by atoms with van der Waals surface area (Å²) in [4.78, 5) is 10.4. The maximum Gasteiger partial charge on any atom is 0.327 e. The zero-order valence-electron chi connectivity index (χ0n) is 14.1. The molecule has 0 spiro atoms. The van der Waals surface area contributed by atoms with E-state index < -0.39 is 5.97 Å². The predicted molar refractivity (Wildman–Crippen MR) is 95.1 cm³/mol. The second kappa shape index (κ2) is 8.34. The molecule has 0 saturated carbocycles. The van der Waals surface area contributed by atoms with Crippen molar-refractivity contribution in [3.63, 3.8) is 0 Å². The third kappa shape index (κ3) is 4.38. The first-order valence-electron chi connectivity index (χ1n) is 9.08. The summed E-state index contributed by atoms with van der Waals surface area (Å²) in [6, 6.07) is 10.4. The number of para-hydroxylation sites is 1. The minimum Gasteiger partial charge on any atom is -0.478 e. The normalized spacial score (nSPS) is 28.5. The van der Waals surface area contributed by atoms with E-state index in [1.165, 1.54) is 31.0 Å². The van der Waals surface area contributed by atoms with Crippen molar-refractivity contribution in [1.82, 2.24) is 0 Å². The molecule has 1 aromatic rings. The van der Waals surface area contributed by atoms with Gasteiger partial charge in [-0.2, -0.15) is 0 Å². The highest BCUT2D eigenvalue weighted by Gasteiger charge is 2.47. The van der Waals surface area contributed by atoms with Crippen LogP contribution in [-0.4, -0.2) is 29.8 Å². The molecule has 2 aliphatic heterocycles. The number of carbonyl (C=O) groups is 1. The number of hydrogen-bond acceptors (Lipinski definition) is 3. The minimum atomic E-state index is -0.858. The average Bonchev–Trinajstić information content (AvgIpc) is 3.18. The summed E-state index contributed by atoms with van der Waals surface area (Å²) in [6.07, 6.45) is 10.5. The van der Waals surface area contributed by atoms with Crippen LogP contribution in [-0.2, 0) is 9.53 Å². The Balaban J connectivity index is 1.45. The molecule has 1 aromatic carbocycles. The molecule has 130 valence electrons. The van der Waals surface area contributed by atoms with Gasteiger partial charge < -0.3 is 15.2 Å². The van der Waals surface area contributed by atoms with E-state index in [1.54, 1.807) is 6.08 Å². The van der Waals surface area contributed by atoms with Gasteiger partial charge >= 0.3 is 5.97 Å². The van der Waals surface area contributed by atoms with E-state index >= 15 is 0 Å². The fourth-order valence-corrected chi connectivity index (χ4v) is 4.17. The lowest BCUT2D eigenvalue weighted by Crippen LogP contribution is -2.32. The first-order chi connectivity index (χ1) is 11.7. The summed E-state index contributed by atoms with van der Waals surface area (Å²) in [6.45, 7) is 0.981. The average molecular weight is 329 g/mol. The van der Waals surface area contributed by atoms with Crippen LogP contribution in [0, 0.1) is 11.8 Å². The van der Waals surface area contributed by atoms with Crippen molar-refractivity contribution in [2.45, 2.75) is 50.7 Å². The van der Waals surface area contributed by atoms with Gasteiger partial charge in [-0.3, -0.25) is 0 Å². The topological polar surface area (TPSA) is 58.6 Å². The number of hydrogen-bond donors (Lipinski definition) is 2. The first kappa shape index (κ1) is 17.0. The highest BCUT2D eigenvalue weighted by atomic mass is 16.5. The van der Waals surface area contributed by atoms with E-state index in [9.17, 15) is 4.79 Å².